The number of aryl methyl sites for hydroxylation is 4. The Morgan fingerprint density at radius 1 is 0.750 bits per heavy atom. The summed E-state index contributed by atoms with van der Waals surface area (Å²) in [5.41, 5.74) is 4.46. The monoisotopic (exact) mass is 856 g/mol. The van der Waals surface area contributed by atoms with Crippen molar-refractivity contribution in [1.29, 1.82) is 0 Å². The van der Waals surface area contributed by atoms with Crippen molar-refractivity contribution in [3.63, 3.8) is 0 Å². The molecule has 0 bridgehead atoms. The molecule has 0 amide bonds. The van der Waals surface area contributed by atoms with Gasteiger partial charge in [0.1, 0.15) is 0 Å². The molecule has 0 atom stereocenters. The smallest absolute Gasteiger partial charge is 0.312 e. The molecule has 2 aliphatic rings. The summed E-state index contributed by atoms with van der Waals surface area (Å²) in [4.78, 5) is 61.5. The zero-order valence-electron chi connectivity index (χ0n) is 35.6. The Hall–Kier alpha value is -4.37. The summed E-state index contributed by atoms with van der Waals surface area (Å²) in [6.07, 6.45) is 8.93. The summed E-state index contributed by atoms with van der Waals surface area (Å²) in [6, 6.07) is 16.1. The van der Waals surface area contributed by atoms with Crippen molar-refractivity contribution in [2.45, 2.75) is 96.4 Å². The lowest BCUT2D eigenvalue weighted by Crippen LogP contribution is -2.46. The molecular weight excluding hydrogens is 797 g/mol. The van der Waals surface area contributed by atoms with E-state index in [-0.39, 0.29) is 23.1 Å². The second-order valence-corrected chi connectivity index (χ2v) is 18.4. The molecular formula is C46H60N6O6S2. The summed E-state index contributed by atoms with van der Waals surface area (Å²) in [6.45, 7) is 14.2. The number of hydrogen-bond acceptors (Lipinski definition) is 12. The van der Waals surface area contributed by atoms with Crippen LogP contribution in [0.25, 0.3) is 22.1 Å². The standard InChI is InChI=1S/C26H33N3O3S2.C20H27N3O3/c1-3-32-25(31)26(10-13-28(14-11-26)15-17-34-24-6-4-16-33-24)9-5-12-29-22-18-20(2)7-8-21(22)27-19-23(29)30;1-3-26-19(25)20(8-10-21-11-9-20)7-4-12-23-17-13-15(2)5-6-16(17)22-14-18(23)24/h4,6-8,16,18-19H,3,5,9-15,17H2,1-2H3;5-6,13-14,21H,3-4,7-12H2,1-2H3. The van der Waals surface area contributed by atoms with Crippen molar-refractivity contribution < 1.29 is 19.1 Å². The Balaban J connectivity index is 0.000000209. The van der Waals surface area contributed by atoms with Crippen molar-refractivity contribution >= 4 is 57.1 Å². The van der Waals surface area contributed by atoms with E-state index in [4.69, 9.17) is 9.47 Å². The molecule has 0 unspecified atom stereocenters. The number of rotatable bonds is 16. The van der Waals surface area contributed by atoms with Gasteiger partial charge in [-0.3, -0.25) is 19.2 Å². The predicted octanol–water partition coefficient (Wildman–Crippen LogP) is 7.40. The van der Waals surface area contributed by atoms with Crippen LogP contribution in [0.5, 0.6) is 0 Å². The Labute approximate surface area is 361 Å². The maximum Gasteiger partial charge on any atom is 0.312 e. The minimum absolute atomic E-state index is 0.0783. The minimum Gasteiger partial charge on any atom is -0.466 e. The highest BCUT2D eigenvalue weighted by atomic mass is 32.2. The van der Waals surface area contributed by atoms with Gasteiger partial charge in [-0.2, -0.15) is 0 Å². The number of carbonyl (C=O) groups is 2. The molecule has 14 heteroatoms. The molecule has 1 N–H and O–H groups in total. The van der Waals surface area contributed by atoms with E-state index in [0.29, 0.717) is 26.3 Å². The normalized spacial score (nSPS) is 16.3. The van der Waals surface area contributed by atoms with Gasteiger partial charge in [-0.05, 0) is 152 Å². The first-order valence-electron chi connectivity index (χ1n) is 21.4. The van der Waals surface area contributed by atoms with Gasteiger partial charge >= 0.3 is 11.9 Å². The lowest BCUT2D eigenvalue weighted by molar-refractivity contribution is -0.159. The number of piperidine rings is 2. The summed E-state index contributed by atoms with van der Waals surface area (Å²) in [5, 5.41) is 5.42. The van der Waals surface area contributed by atoms with Crippen LogP contribution in [0.15, 0.2) is 80.1 Å². The SMILES string of the molecule is CCOC(=O)C1(CCCn2c(=O)cnc3ccc(C)cc32)CCN(CCSc2cccs2)CC1.CCOC(=O)C1(CCCn2c(=O)cnc3ccc(C)cc32)CCNCC1. The van der Waals surface area contributed by atoms with Crippen LogP contribution in [0, 0.1) is 24.7 Å². The van der Waals surface area contributed by atoms with Gasteiger partial charge in [-0.1, -0.05) is 18.2 Å². The van der Waals surface area contributed by atoms with Gasteiger partial charge < -0.3 is 28.8 Å². The summed E-state index contributed by atoms with van der Waals surface area (Å²) >= 11 is 3.68. The number of ether oxygens (including phenoxy) is 2. The fraction of sp³-hybridized carbons (Fsp3) is 0.522. The average Bonchev–Trinajstić information content (AvgIpc) is 3.77. The third-order valence-corrected chi connectivity index (χ3v) is 14.1. The van der Waals surface area contributed by atoms with E-state index < -0.39 is 10.8 Å². The van der Waals surface area contributed by atoms with Crippen LogP contribution in [-0.2, 0) is 32.2 Å². The summed E-state index contributed by atoms with van der Waals surface area (Å²) in [5.74, 6) is 0.888. The molecule has 322 valence electrons. The first-order chi connectivity index (χ1) is 29.1. The average molecular weight is 857 g/mol. The second kappa shape index (κ2) is 21.4. The zero-order chi connectivity index (χ0) is 42.5. The molecule has 2 aromatic carbocycles. The number of carbonyl (C=O) groups excluding carboxylic acids is 2. The van der Waals surface area contributed by atoms with Gasteiger partial charge in [0.15, 0.2) is 0 Å². The first kappa shape index (κ1) is 45.2. The fourth-order valence-electron chi connectivity index (χ4n) is 8.57. The highest BCUT2D eigenvalue weighted by molar-refractivity contribution is 8.01. The largest absolute Gasteiger partial charge is 0.466 e. The van der Waals surface area contributed by atoms with Crippen LogP contribution in [0.1, 0.15) is 76.3 Å². The summed E-state index contributed by atoms with van der Waals surface area (Å²) in [7, 11) is 0. The number of thiophene rings is 1. The number of thioether (sulfide) groups is 1. The van der Waals surface area contributed by atoms with E-state index in [2.05, 4.69) is 37.7 Å². The number of benzene rings is 2. The molecule has 0 radical (unpaired) electrons. The van der Waals surface area contributed by atoms with E-state index >= 15 is 0 Å². The summed E-state index contributed by atoms with van der Waals surface area (Å²) < 4.78 is 15.8. The number of fused-ring (bicyclic) bond motifs is 2. The number of hydrogen-bond donors (Lipinski definition) is 1. The van der Waals surface area contributed by atoms with Crippen LogP contribution in [-0.4, -0.2) is 87.6 Å². The van der Waals surface area contributed by atoms with E-state index in [9.17, 15) is 19.2 Å². The lowest BCUT2D eigenvalue weighted by atomic mass is 9.74. The fourth-order valence-corrected chi connectivity index (χ4v) is 10.4. The highest BCUT2D eigenvalue weighted by Gasteiger charge is 2.42. The molecule has 0 saturated carbocycles. The van der Waals surface area contributed by atoms with Gasteiger partial charge in [-0.25, -0.2) is 9.97 Å². The van der Waals surface area contributed by atoms with Crippen LogP contribution in [0.4, 0.5) is 0 Å². The third kappa shape index (κ3) is 11.3. The molecule has 7 rings (SSSR count). The Kier molecular flexibility index (Phi) is 16.1. The number of nitrogens with one attached hydrogen (secondary N) is 1. The van der Waals surface area contributed by atoms with Gasteiger partial charge in [0.2, 0.25) is 0 Å². The maximum absolute atomic E-state index is 13.0. The van der Waals surface area contributed by atoms with Crippen LogP contribution in [0.2, 0.25) is 0 Å². The predicted molar refractivity (Wildman–Crippen MR) is 241 cm³/mol. The first-order valence-corrected chi connectivity index (χ1v) is 23.3. The minimum atomic E-state index is -0.463. The lowest BCUT2D eigenvalue weighted by Gasteiger charge is -2.40. The second-order valence-electron chi connectivity index (χ2n) is 16.1. The molecule has 60 heavy (non-hydrogen) atoms. The van der Waals surface area contributed by atoms with E-state index in [1.807, 2.05) is 75.9 Å². The molecule has 2 fully saturated rings. The van der Waals surface area contributed by atoms with Crippen LogP contribution in [0.3, 0.4) is 0 Å². The third-order valence-electron chi connectivity index (χ3n) is 12.0. The van der Waals surface area contributed by atoms with Gasteiger partial charge in [0.25, 0.3) is 11.1 Å². The number of aromatic nitrogens is 4. The molecule has 0 aliphatic carbocycles. The molecule has 5 aromatic rings. The van der Waals surface area contributed by atoms with Crippen molar-refractivity contribution in [2.24, 2.45) is 10.8 Å². The molecule has 3 aromatic heterocycles. The maximum atomic E-state index is 13.0. The quantitative estimate of drug-likeness (QED) is 0.0785. The van der Waals surface area contributed by atoms with Crippen molar-refractivity contribution in [3.05, 3.63) is 98.1 Å². The topological polar surface area (TPSA) is 138 Å². The number of likely N-dealkylation sites (tertiary alicyclic amines) is 1. The molecule has 2 aliphatic heterocycles. The van der Waals surface area contributed by atoms with Crippen LogP contribution >= 0.6 is 23.1 Å². The van der Waals surface area contributed by atoms with E-state index in [0.717, 1.165) is 123 Å². The van der Waals surface area contributed by atoms with Gasteiger partial charge in [0, 0.05) is 25.4 Å². The van der Waals surface area contributed by atoms with E-state index in [1.165, 1.54) is 16.6 Å². The van der Waals surface area contributed by atoms with E-state index in [1.54, 1.807) is 20.5 Å². The van der Waals surface area contributed by atoms with Gasteiger partial charge in [0.05, 0.1) is 62.7 Å². The Morgan fingerprint density at radius 2 is 1.27 bits per heavy atom. The van der Waals surface area contributed by atoms with Crippen LogP contribution < -0.4 is 16.4 Å². The Morgan fingerprint density at radius 3 is 1.75 bits per heavy atom. The highest BCUT2D eigenvalue weighted by Crippen LogP contribution is 2.39. The number of esters is 2. The van der Waals surface area contributed by atoms with Crippen molar-refractivity contribution in [1.82, 2.24) is 29.3 Å². The van der Waals surface area contributed by atoms with Crippen molar-refractivity contribution in [2.75, 3.05) is 51.7 Å². The molecule has 5 heterocycles. The number of nitrogens with zero attached hydrogens (tertiary/aromatic N) is 5. The van der Waals surface area contributed by atoms with Crippen molar-refractivity contribution in [3.8, 4) is 0 Å². The molecule has 2 saturated heterocycles. The molecule has 0 spiro atoms. The molecule has 12 nitrogen and oxygen atoms in total. The van der Waals surface area contributed by atoms with Gasteiger partial charge in [-0.15, -0.1) is 23.1 Å². The zero-order valence-corrected chi connectivity index (χ0v) is 37.2. The Bertz CT molecular complexity index is 2310.